The lowest BCUT2D eigenvalue weighted by Gasteiger charge is -2.23. The Balaban J connectivity index is 1.92. The number of fused-ring (bicyclic) bond motifs is 1. The summed E-state index contributed by atoms with van der Waals surface area (Å²) >= 11 is 0. The molecule has 1 N–H and O–H groups in total. The van der Waals surface area contributed by atoms with Crippen LogP contribution >= 0.6 is 0 Å². The second-order valence-corrected chi connectivity index (χ2v) is 4.52. The molecule has 74 valence electrons. The van der Waals surface area contributed by atoms with Gasteiger partial charge in [0.1, 0.15) is 5.82 Å². The van der Waals surface area contributed by atoms with Crippen LogP contribution in [0.25, 0.3) is 0 Å². The largest absolute Gasteiger partial charge is 0.316 e. The second-order valence-electron chi connectivity index (χ2n) is 4.52. The molecule has 1 aliphatic carbocycles. The molecule has 1 aromatic carbocycles. The molecule has 1 unspecified atom stereocenters. The molecular formula is C12H14FN. The van der Waals surface area contributed by atoms with E-state index in [0.29, 0.717) is 5.41 Å². The van der Waals surface area contributed by atoms with Gasteiger partial charge in [-0.2, -0.15) is 0 Å². The average molecular weight is 191 g/mol. The predicted molar refractivity (Wildman–Crippen MR) is 53.7 cm³/mol. The normalized spacial score (nSPS) is 35.1. The quantitative estimate of drug-likeness (QED) is 0.716. The van der Waals surface area contributed by atoms with Gasteiger partial charge >= 0.3 is 0 Å². The lowest BCUT2D eigenvalue weighted by atomic mass is 9.88. The molecular weight excluding hydrogens is 177 g/mol. The van der Waals surface area contributed by atoms with Gasteiger partial charge in [-0.15, -0.1) is 0 Å². The zero-order valence-electron chi connectivity index (χ0n) is 8.09. The van der Waals surface area contributed by atoms with Crippen LogP contribution in [-0.2, 0) is 5.41 Å². The first-order valence-electron chi connectivity index (χ1n) is 5.28. The first kappa shape index (κ1) is 8.42. The van der Waals surface area contributed by atoms with Crippen molar-refractivity contribution >= 4 is 0 Å². The summed E-state index contributed by atoms with van der Waals surface area (Å²) in [6, 6.07) is 7.09. The molecule has 1 heterocycles. The third-order valence-electron chi connectivity index (χ3n) is 3.79. The van der Waals surface area contributed by atoms with Crippen molar-refractivity contribution in [2.24, 2.45) is 5.92 Å². The zero-order valence-corrected chi connectivity index (χ0v) is 8.09. The van der Waals surface area contributed by atoms with E-state index in [1.807, 2.05) is 12.1 Å². The molecule has 2 atom stereocenters. The molecule has 14 heavy (non-hydrogen) atoms. The first-order chi connectivity index (χ1) is 6.81. The monoisotopic (exact) mass is 191 g/mol. The maximum Gasteiger partial charge on any atom is 0.123 e. The Morgan fingerprint density at radius 3 is 2.79 bits per heavy atom. The molecule has 2 fully saturated rings. The molecule has 0 aromatic heterocycles. The third-order valence-corrected chi connectivity index (χ3v) is 3.79. The number of nitrogens with one attached hydrogen (secondary N) is 1. The van der Waals surface area contributed by atoms with E-state index in [0.717, 1.165) is 19.0 Å². The van der Waals surface area contributed by atoms with Crippen LogP contribution in [0.2, 0.25) is 0 Å². The van der Waals surface area contributed by atoms with Crippen LogP contribution in [0, 0.1) is 11.7 Å². The van der Waals surface area contributed by atoms with Crippen LogP contribution < -0.4 is 5.32 Å². The molecule has 0 radical (unpaired) electrons. The van der Waals surface area contributed by atoms with Gasteiger partial charge in [-0.25, -0.2) is 4.39 Å². The number of piperidine rings is 1. The first-order valence-corrected chi connectivity index (χ1v) is 5.28. The highest BCUT2D eigenvalue weighted by Gasteiger charge is 2.55. The second kappa shape index (κ2) is 2.80. The summed E-state index contributed by atoms with van der Waals surface area (Å²) in [4.78, 5) is 0. The van der Waals surface area contributed by atoms with Crippen molar-refractivity contribution < 1.29 is 4.39 Å². The van der Waals surface area contributed by atoms with Crippen molar-refractivity contribution in [3.63, 3.8) is 0 Å². The lowest BCUT2D eigenvalue weighted by molar-refractivity contribution is 0.445. The van der Waals surface area contributed by atoms with Gasteiger partial charge in [0.05, 0.1) is 0 Å². The van der Waals surface area contributed by atoms with E-state index >= 15 is 0 Å². The van der Waals surface area contributed by atoms with E-state index in [2.05, 4.69) is 5.32 Å². The molecule has 1 aliphatic heterocycles. The van der Waals surface area contributed by atoms with Crippen molar-refractivity contribution in [1.29, 1.82) is 0 Å². The van der Waals surface area contributed by atoms with Crippen LogP contribution in [0.5, 0.6) is 0 Å². The molecule has 1 saturated heterocycles. The molecule has 3 rings (SSSR count). The summed E-state index contributed by atoms with van der Waals surface area (Å²) in [5.41, 5.74) is 1.74. The highest BCUT2D eigenvalue weighted by atomic mass is 19.1. The van der Waals surface area contributed by atoms with Crippen molar-refractivity contribution in [3.05, 3.63) is 35.6 Å². The number of halogens is 1. The standard InChI is InChI=1S/C12H14FN/c13-11-3-1-9(2-4-11)12-5-6-14-8-10(12)7-12/h1-4,10,14H,5-8H2/t10-,12?/m0/s1. The lowest BCUT2D eigenvalue weighted by Crippen LogP contribution is -2.31. The van der Waals surface area contributed by atoms with Crippen molar-refractivity contribution in [3.8, 4) is 0 Å². The summed E-state index contributed by atoms with van der Waals surface area (Å²) in [5.74, 6) is 0.665. The van der Waals surface area contributed by atoms with Crippen molar-refractivity contribution in [1.82, 2.24) is 5.32 Å². The molecule has 2 heteroatoms. The van der Waals surface area contributed by atoms with Crippen molar-refractivity contribution in [2.75, 3.05) is 13.1 Å². The SMILES string of the molecule is Fc1ccc(C23CCNC[C@@H]2C3)cc1. The van der Waals surface area contributed by atoms with E-state index in [4.69, 9.17) is 0 Å². The smallest absolute Gasteiger partial charge is 0.123 e. The van der Waals surface area contributed by atoms with Gasteiger partial charge in [0.25, 0.3) is 0 Å². The molecule has 1 nitrogen and oxygen atoms in total. The fraction of sp³-hybridized carbons (Fsp3) is 0.500. The fourth-order valence-corrected chi connectivity index (χ4v) is 2.82. The summed E-state index contributed by atoms with van der Waals surface area (Å²) in [6.45, 7) is 2.24. The van der Waals surface area contributed by atoms with E-state index in [9.17, 15) is 4.39 Å². The molecule has 1 aromatic rings. The molecule has 0 amide bonds. The molecule has 0 spiro atoms. The van der Waals surface area contributed by atoms with Crippen LogP contribution in [0.15, 0.2) is 24.3 Å². The maximum atomic E-state index is 12.8. The van der Waals surface area contributed by atoms with Crippen LogP contribution in [0.4, 0.5) is 4.39 Å². The Morgan fingerprint density at radius 2 is 2.07 bits per heavy atom. The number of benzene rings is 1. The highest BCUT2D eigenvalue weighted by Crippen LogP contribution is 2.57. The number of hydrogen-bond acceptors (Lipinski definition) is 1. The topological polar surface area (TPSA) is 12.0 Å². The minimum atomic E-state index is -0.128. The minimum Gasteiger partial charge on any atom is -0.316 e. The Labute approximate surface area is 83.3 Å². The van der Waals surface area contributed by atoms with Gasteiger partial charge in [-0.3, -0.25) is 0 Å². The Bertz CT molecular complexity index is 346. The summed E-state index contributed by atoms with van der Waals surface area (Å²) in [7, 11) is 0. The van der Waals surface area contributed by atoms with Crippen LogP contribution in [-0.4, -0.2) is 13.1 Å². The van der Waals surface area contributed by atoms with Crippen LogP contribution in [0.1, 0.15) is 18.4 Å². The van der Waals surface area contributed by atoms with Gasteiger partial charge in [-0.1, -0.05) is 12.1 Å². The van der Waals surface area contributed by atoms with Gasteiger partial charge in [-0.05, 0) is 49.5 Å². The molecule has 1 saturated carbocycles. The third kappa shape index (κ3) is 1.10. The zero-order chi connectivity index (χ0) is 9.60. The number of hydrogen-bond donors (Lipinski definition) is 1. The average Bonchev–Trinajstić information content (AvgIpc) is 2.94. The predicted octanol–water partition coefficient (Wildman–Crippen LogP) is 2.08. The molecule has 0 bridgehead atoms. The van der Waals surface area contributed by atoms with Crippen molar-refractivity contribution in [2.45, 2.75) is 18.3 Å². The summed E-state index contributed by atoms with van der Waals surface area (Å²) in [5, 5.41) is 3.41. The number of rotatable bonds is 1. The fourth-order valence-electron chi connectivity index (χ4n) is 2.82. The highest BCUT2D eigenvalue weighted by molar-refractivity contribution is 5.35. The van der Waals surface area contributed by atoms with Gasteiger partial charge in [0.2, 0.25) is 0 Å². The Kier molecular flexibility index (Phi) is 1.68. The minimum absolute atomic E-state index is 0.128. The Morgan fingerprint density at radius 1 is 1.29 bits per heavy atom. The van der Waals surface area contributed by atoms with E-state index < -0.39 is 0 Å². The Hall–Kier alpha value is -0.890. The maximum absolute atomic E-state index is 12.8. The van der Waals surface area contributed by atoms with E-state index in [-0.39, 0.29) is 5.82 Å². The van der Waals surface area contributed by atoms with E-state index in [1.54, 1.807) is 12.1 Å². The van der Waals surface area contributed by atoms with E-state index in [1.165, 1.54) is 18.4 Å². The van der Waals surface area contributed by atoms with Crippen LogP contribution in [0.3, 0.4) is 0 Å². The van der Waals surface area contributed by atoms with Gasteiger partial charge in [0, 0.05) is 5.41 Å². The van der Waals surface area contributed by atoms with Gasteiger partial charge in [0.15, 0.2) is 0 Å². The summed E-state index contributed by atoms with van der Waals surface area (Å²) < 4.78 is 12.8. The summed E-state index contributed by atoms with van der Waals surface area (Å²) in [6.07, 6.45) is 2.49. The molecule has 2 aliphatic rings. The van der Waals surface area contributed by atoms with Gasteiger partial charge < -0.3 is 5.32 Å².